The highest BCUT2D eigenvalue weighted by Gasteiger charge is 2.52. The third-order valence-corrected chi connectivity index (χ3v) is 12.9. The average Bonchev–Trinajstić information content (AvgIpc) is 3.98. The van der Waals surface area contributed by atoms with Gasteiger partial charge in [-0.15, -0.1) is 0 Å². The Morgan fingerprint density at radius 3 is 1.44 bits per heavy atom. The lowest BCUT2D eigenvalue weighted by Gasteiger charge is -2.32. The van der Waals surface area contributed by atoms with Crippen LogP contribution in [0.5, 0.6) is 0 Å². The van der Waals surface area contributed by atoms with Gasteiger partial charge in [-0.3, -0.25) is 0 Å². The molecule has 4 heteroatoms. The van der Waals surface area contributed by atoms with Crippen molar-refractivity contribution in [2.75, 3.05) is 0 Å². The van der Waals surface area contributed by atoms with Gasteiger partial charge in [-0.05, 0) is 103 Å². The second kappa shape index (κ2) is 13.4. The maximum atomic E-state index is 6.16. The maximum absolute atomic E-state index is 6.16. The van der Waals surface area contributed by atoms with Crippen molar-refractivity contribution in [2.24, 2.45) is 0 Å². The molecule has 2 aliphatic carbocycles. The van der Waals surface area contributed by atoms with Crippen LogP contribution in [0.2, 0.25) is 0 Å². The lowest BCUT2D eigenvalue weighted by molar-refractivity contribution is 0.669. The van der Waals surface area contributed by atoms with Crippen molar-refractivity contribution < 1.29 is 4.42 Å². The standard InChI is InChI=1S/C58H35N3O/c1-2-15-36(16-3-1)55-59-56(61-57(60-55)41-31-32-53-48(35-41)46-24-7-11-30-52(46)62-53)40-20-13-18-38(34-40)37-17-12-19-39(33-37)42-25-14-26-47-45-23-6-10-29-51(45)58(54(42)47)49-27-8-4-21-43(49)44-22-5-9-28-50(44)58/h1-35H. The predicted octanol–water partition coefficient (Wildman–Crippen LogP) is 14.4. The highest BCUT2D eigenvalue weighted by atomic mass is 16.3. The zero-order valence-electron chi connectivity index (χ0n) is 33.5. The Bertz CT molecular complexity index is 3540. The molecule has 0 saturated carbocycles. The molecule has 0 amide bonds. The monoisotopic (exact) mass is 789 g/mol. The zero-order valence-corrected chi connectivity index (χ0v) is 33.5. The van der Waals surface area contributed by atoms with E-state index in [1.807, 2.05) is 60.7 Å². The molecule has 9 aromatic carbocycles. The van der Waals surface area contributed by atoms with Gasteiger partial charge in [0, 0.05) is 27.5 Å². The van der Waals surface area contributed by atoms with Gasteiger partial charge < -0.3 is 4.42 Å². The van der Waals surface area contributed by atoms with Crippen molar-refractivity contribution in [1.29, 1.82) is 0 Å². The third kappa shape index (κ3) is 5.04. The van der Waals surface area contributed by atoms with Crippen LogP contribution >= 0.6 is 0 Å². The third-order valence-electron chi connectivity index (χ3n) is 12.9. The Hall–Kier alpha value is -8.21. The van der Waals surface area contributed by atoms with Crippen molar-refractivity contribution in [3.05, 3.63) is 235 Å². The van der Waals surface area contributed by atoms with E-state index < -0.39 is 5.41 Å². The molecular formula is C58H35N3O. The summed E-state index contributed by atoms with van der Waals surface area (Å²) >= 11 is 0. The minimum atomic E-state index is -0.437. The molecule has 2 heterocycles. The SMILES string of the molecule is c1ccc(-c2nc(-c3cccc(-c4cccc(-c5cccc6c5C5(c7ccccc7-c7ccccc75)c5ccccc5-6)c4)c3)nc(-c3ccc4oc5ccccc5c4c3)n2)cc1. The van der Waals surface area contributed by atoms with Gasteiger partial charge in [0.15, 0.2) is 17.5 Å². The van der Waals surface area contributed by atoms with Gasteiger partial charge in [0.25, 0.3) is 0 Å². The van der Waals surface area contributed by atoms with E-state index >= 15 is 0 Å². The minimum Gasteiger partial charge on any atom is -0.456 e. The maximum Gasteiger partial charge on any atom is 0.164 e. The number of para-hydroxylation sites is 1. The highest BCUT2D eigenvalue weighted by Crippen LogP contribution is 2.64. The summed E-state index contributed by atoms with van der Waals surface area (Å²) in [6, 6.07) is 75.8. The second-order valence-corrected chi connectivity index (χ2v) is 16.3. The molecule has 0 fully saturated rings. The Morgan fingerprint density at radius 1 is 0.290 bits per heavy atom. The summed E-state index contributed by atoms with van der Waals surface area (Å²) in [6.07, 6.45) is 0. The Balaban J connectivity index is 0.951. The summed E-state index contributed by atoms with van der Waals surface area (Å²) in [6.45, 7) is 0. The van der Waals surface area contributed by atoms with Gasteiger partial charge in [-0.1, -0.05) is 176 Å². The van der Waals surface area contributed by atoms with Crippen molar-refractivity contribution in [3.63, 3.8) is 0 Å². The van der Waals surface area contributed by atoms with E-state index in [4.69, 9.17) is 19.4 Å². The predicted molar refractivity (Wildman–Crippen MR) is 251 cm³/mol. The van der Waals surface area contributed by atoms with E-state index in [9.17, 15) is 0 Å². The second-order valence-electron chi connectivity index (χ2n) is 16.3. The van der Waals surface area contributed by atoms with Crippen molar-refractivity contribution >= 4 is 21.9 Å². The number of benzene rings is 9. The molecule has 62 heavy (non-hydrogen) atoms. The molecule has 0 radical (unpaired) electrons. The van der Waals surface area contributed by atoms with Crippen LogP contribution in [-0.2, 0) is 5.41 Å². The van der Waals surface area contributed by atoms with Crippen molar-refractivity contribution in [3.8, 4) is 78.7 Å². The van der Waals surface area contributed by atoms with E-state index in [0.29, 0.717) is 17.5 Å². The summed E-state index contributed by atoms with van der Waals surface area (Å²) in [7, 11) is 0. The first-order valence-corrected chi connectivity index (χ1v) is 21.1. The van der Waals surface area contributed by atoms with Crippen molar-refractivity contribution in [2.45, 2.75) is 5.41 Å². The molecule has 0 N–H and O–H groups in total. The number of aromatic nitrogens is 3. The average molecular weight is 790 g/mol. The van der Waals surface area contributed by atoms with Crippen LogP contribution in [-0.4, -0.2) is 15.0 Å². The zero-order chi connectivity index (χ0) is 40.8. The van der Waals surface area contributed by atoms with E-state index in [2.05, 4.69) is 152 Å². The number of furan rings is 1. The largest absolute Gasteiger partial charge is 0.456 e. The molecule has 2 aromatic heterocycles. The normalized spacial score (nSPS) is 13.0. The van der Waals surface area contributed by atoms with E-state index in [1.54, 1.807) is 0 Å². The summed E-state index contributed by atoms with van der Waals surface area (Å²) in [5.41, 5.74) is 19.2. The molecule has 0 atom stereocenters. The number of hydrogen-bond acceptors (Lipinski definition) is 4. The van der Waals surface area contributed by atoms with E-state index in [-0.39, 0.29) is 0 Å². The first-order chi connectivity index (χ1) is 30.7. The van der Waals surface area contributed by atoms with Crippen LogP contribution in [0.4, 0.5) is 0 Å². The Labute approximate surface area is 358 Å². The first-order valence-electron chi connectivity index (χ1n) is 21.1. The van der Waals surface area contributed by atoms with Gasteiger partial charge in [-0.2, -0.15) is 0 Å². The summed E-state index contributed by atoms with van der Waals surface area (Å²) in [5, 5.41) is 2.10. The van der Waals surface area contributed by atoms with Crippen LogP contribution in [0.25, 0.3) is 101 Å². The number of fused-ring (bicyclic) bond motifs is 13. The number of nitrogens with zero attached hydrogens (tertiary/aromatic N) is 3. The fourth-order valence-corrected chi connectivity index (χ4v) is 10.3. The Kier molecular flexibility index (Phi) is 7.49. The van der Waals surface area contributed by atoms with Crippen LogP contribution < -0.4 is 0 Å². The van der Waals surface area contributed by atoms with Gasteiger partial charge in [0.1, 0.15) is 11.2 Å². The van der Waals surface area contributed by atoms with Gasteiger partial charge in [-0.25, -0.2) is 15.0 Å². The quantitative estimate of drug-likeness (QED) is 0.174. The molecule has 4 nitrogen and oxygen atoms in total. The molecule has 0 bridgehead atoms. The molecule has 1 spiro atoms. The van der Waals surface area contributed by atoms with Crippen LogP contribution in [0.1, 0.15) is 22.3 Å². The minimum absolute atomic E-state index is 0.437. The molecule has 0 saturated heterocycles. The summed E-state index contributed by atoms with van der Waals surface area (Å²) < 4.78 is 6.16. The fourth-order valence-electron chi connectivity index (χ4n) is 10.3. The number of rotatable bonds is 5. The summed E-state index contributed by atoms with van der Waals surface area (Å²) in [4.78, 5) is 15.3. The first kappa shape index (κ1) is 34.6. The lowest BCUT2D eigenvalue weighted by Crippen LogP contribution is -2.26. The molecule has 2 aliphatic rings. The van der Waals surface area contributed by atoms with Crippen LogP contribution in [0.3, 0.4) is 0 Å². The molecule has 0 aliphatic heterocycles. The molecule has 0 unspecified atom stereocenters. The van der Waals surface area contributed by atoms with Gasteiger partial charge in [0.2, 0.25) is 0 Å². The highest BCUT2D eigenvalue weighted by molar-refractivity contribution is 6.06. The van der Waals surface area contributed by atoms with E-state index in [1.165, 1.54) is 55.6 Å². The van der Waals surface area contributed by atoms with Crippen molar-refractivity contribution in [1.82, 2.24) is 15.0 Å². The Morgan fingerprint density at radius 2 is 0.742 bits per heavy atom. The van der Waals surface area contributed by atoms with E-state index in [0.717, 1.165) is 49.8 Å². The van der Waals surface area contributed by atoms with Crippen LogP contribution in [0.15, 0.2) is 217 Å². The summed E-state index contributed by atoms with van der Waals surface area (Å²) in [5.74, 6) is 1.84. The topological polar surface area (TPSA) is 51.8 Å². The molecule has 13 rings (SSSR count). The molecular weight excluding hydrogens is 755 g/mol. The lowest BCUT2D eigenvalue weighted by atomic mass is 9.68. The molecule has 11 aromatic rings. The molecule has 288 valence electrons. The van der Waals surface area contributed by atoms with Gasteiger partial charge >= 0.3 is 0 Å². The van der Waals surface area contributed by atoms with Gasteiger partial charge in [0.05, 0.1) is 5.41 Å². The van der Waals surface area contributed by atoms with Crippen LogP contribution in [0, 0.1) is 0 Å². The fraction of sp³-hybridized carbons (Fsp3) is 0.0172. The smallest absolute Gasteiger partial charge is 0.164 e. The number of hydrogen-bond donors (Lipinski definition) is 0.